The fourth-order valence-corrected chi connectivity index (χ4v) is 0.268. The molecule has 0 aliphatic heterocycles. The van der Waals surface area contributed by atoms with Crippen LogP contribution in [0.15, 0.2) is 9.77 Å². The van der Waals surface area contributed by atoms with E-state index >= 15 is 0 Å². The van der Waals surface area contributed by atoms with Crippen molar-refractivity contribution in [2.45, 2.75) is 0 Å². The van der Waals surface area contributed by atoms with Crippen molar-refractivity contribution in [3.05, 3.63) is 20.9 Å². The largest absolute Gasteiger partial charge is 0.363 e. The third-order valence-electron chi connectivity index (χ3n) is 0.240. The summed E-state index contributed by atoms with van der Waals surface area (Å²) < 4.78 is 0. The first kappa shape index (κ1) is 7.01. The van der Waals surface area contributed by atoms with Gasteiger partial charge in [0, 0.05) is 9.82 Å². The van der Waals surface area contributed by atoms with Crippen LogP contribution in [0.3, 0.4) is 0 Å². The van der Waals surface area contributed by atoms with Gasteiger partial charge in [0.1, 0.15) is 0 Å². The summed E-state index contributed by atoms with van der Waals surface area (Å²) in [5.41, 5.74) is 15.2. The monoisotopic (exact) mass is 132 g/mol. The zero-order valence-electron chi connectivity index (χ0n) is 3.58. The number of hydrogen-bond acceptors (Lipinski definition) is 3. The molecule has 0 fully saturated rings. The molecule has 0 rings (SSSR count). The highest BCUT2D eigenvalue weighted by Gasteiger charge is 1.89. The van der Waals surface area contributed by atoms with E-state index < -0.39 is 8.45 Å². The normalized spacial score (nSPS) is 10.6. The van der Waals surface area contributed by atoms with E-state index in [0.29, 0.717) is 0 Å². The Hall–Kier alpha value is -0.990. The molecule has 1 N–H and O–H groups in total. The maximum absolute atomic E-state index is 8.27. The van der Waals surface area contributed by atoms with E-state index in [1.807, 2.05) is 0 Å². The molecule has 0 amide bonds. The van der Waals surface area contributed by atoms with Crippen LogP contribution in [-0.4, -0.2) is 4.89 Å². The molecule has 0 bridgehead atoms. The predicted molar refractivity (Wildman–Crippen MR) is 27.4 cm³/mol. The van der Waals surface area contributed by atoms with Gasteiger partial charge >= 0.3 is 0 Å². The zero-order chi connectivity index (χ0) is 6.41. The molecular formula is HN6OP. The van der Waals surface area contributed by atoms with E-state index in [-0.39, 0.29) is 0 Å². The molecule has 0 heterocycles. The third kappa shape index (κ3) is 3.21. The van der Waals surface area contributed by atoms with Crippen molar-refractivity contribution in [1.29, 1.82) is 0 Å². The smallest absolute Gasteiger partial charge is 0.211 e. The average Bonchev–Trinajstić information content (AvgIpc) is 1.68. The fraction of sp³-hybridized carbons (Fsp3) is 0. The average molecular weight is 132 g/mol. The van der Waals surface area contributed by atoms with E-state index in [9.17, 15) is 0 Å². The first-order valence-corrected chi connectivity index (χ1v) is 2.60. The van der Waals surface area contributed by atoms with E-state index in [2.05, 4.69) is 19.6 Å². The molecule has 0 saturated heterocycles. The molecule has 0 aliphatic rings. The Kier molecular flexibility index (Phi) is 3.66. The van der Waals surface area contributed by atoms with Gasteiger partial charge in [-0.15, -0.1) is 0 Å². The van der Waals surface area contributed by atoms with Crippen molar-refractivity contribution in [2.75, 3.05) is 0 Å². The highest BCUT2D eigenvalue weighted by Crippen LogP contribution is 2.32. The lowest BCUT2D eigenvalue weighted by Gasteiger charge is -1.83. The summed E-state index contributed by atoms with van der Waals surface area (Å²) in [7, 11) is -2.16. The Bertz CT molecular complexity index is 132. The van der Waals surface area contributed by atoms with E-state index in [1.165, 1.54) is 0 Å². The second kappa shape index (κ2) is 4.18. The van der Waals surface area contributed by atoms with Crippen LogP contribution in [0.2, 0.25) is 0 Å². The highest BCUT2D eigenvalue weighted by molar-refractivity contribution is 7.48. The second-order valence-corrected chi connectivity index (χ2v) is 1.52. The van der Waals surface area contributed by atoms with Gasteiger partial charge in [0.2, 0.25) is 8.45 Å². The molecule has 0 aromatic carbocycles. The lowest BCUT2D eigenvalue weighted by atomic mass is 13.0. The van der Waals surface area contributed by atoms with Gasteiger partial charge in [-0.05, 0) is 20.8 Å². The standard InChI is InChI=1S/HN6OP/c1-3-5-8(7)6-4-2/h7H. The Morgan fingerprint density at radius 1 is 1.25 bits per heavy atom. The van der Waals surface area contributed by atoms with Crippen molar-refractivity contribution in [2.24, 2.45) is 9.77 Å². The van der Waals surface area contributed by atoms with Gasteiger partial charge in [-0.25, -0.2) is 0 Å². The molecule has 8 heteroatoms. The molecule has 0 saturated carbocycles. The molecule has 0 aromatic heterocycles. The molecule has 8 heavy (non-hydrogen) atoms. The number of azide groups is 1. The summed E-state index contributed by atoms with van der Waals surface area (Å²) in [6.07, 6.45) is 0. The molecule has 7 nitrogen and oxygen atoms in total. The van der Waals surface area contributed by atoms with Gasteiger partial charge in [-0.3, -0.25) is 0 Å². The van der Waals surface area contributed by atoms with Crippen molar-refractivity contribution >= 4 is 8.45 Å². The maximum Gasteiger partial charge on any atom is 0.211 e. The zero-order valence-corrected chi connectivity index (χ0v) is 4.47. The highest BCUT2D eigenvalue weighted by atomic mass is 31.2. The molecule has 0 spiro atoms. The summed E-state index contributed by atoms with van der Waals surface area (Å²) in [6, 6.07) is 0. The number of rotatable bonds is 2. The topological polar surface area (TPSA) is 118 Å². The van der Waals surface area contributed by atoms with Crippen LogP contribution in [0.1, 0.15) is 0 Å². The van der Waals surface area contributed by atoms with Gasteiger partial charge in [0.05, 0.1) is 0 Å². The molecule has 0 aliphatic carbocycles. The lowest BCUT2D eigenvalue weighted by molar-refractivity contribution is 0.626. The van der Waals surface area contributed by atoms with Crippen LogP contribution in [0.5, 0.6) is 0 Å². The van der Waals surface area contributed by atoms with Crippen molar-refractivity contribution in [1.82, 2.24) is 0 Å². The summed E-state index contributed by atoms with van der Waals surface area (Å²) in [5, 5.41) is 0. The maximum atomic E-state index is 8.27. The van der Waals surface area contributed by atoms with Crippen LogP contribution in [0.4, 0.5) is 0 Å². The third-order valence-corrected chi connectivity index (χ3v) is 0.720. The first-order chi connectivity index (χ1) is 3.81. The fourth-order valence-electron chi connectivity index (χ4n) is 0.0894. The molecule has 0 aromatic rings. The lowest BCUT2D eigenvalue weighted by Crippen LogP contribution is -1.48. The van der Waals surface area contributed by atoms with Gasteiger partial charge in [0.15, 0.2) is 0 Å². The quantitative estimate of drug-likeness (QED) is 0.262. The summed E-state index contributed by atoms with van der Waals surface area (Å²) in [4.78, 5) is 18.0. The molecular weight excluding hydrogens is 131 g/mol. The Morgan fingerprint density at radius 3 is 1.88 bits per heavy atom. The van der Waals surface area contributed by atoms with Crippen molar-refractivity contribution < 1.29 is 4.89 Å². The predicted octanol–water partition coefficient (Wildman–Crippen LogP) is 1.83. The summed E-state index contributed by atoms with van der Waals surface area (Å²) in [6.45, 7) is 0. The Labute approximate surface area is 45.1 Å². The summed E-state index contributed by atoms with van der Waals surface area (Å²) in [5.74, 6) is 0. The summed E-state index contributed by atoms with van der Waals surface area (Å²) >= 11 is 0. The first-order valence-electron chi connectivity index (χ1n) is 1.40. The minimum absolute atomic E-state index is 2.16. The van der Waals surface area contributed by atoms with Gasteiger partial charge in [-0.2, -0.15) is 0 Å². The van der Waals surface area contributed by atoms with Crippen LogP contribution in [-0.2, 0) is 0 Å². The van der Waals surface area contributed by atoms with E-state index in [4.69, 9.17) is 16.0 Å². The van der Waals surface area contributed by atoms with Gasteiger partial charge in [0.25, 0.3) is 0 Å². The second-order valence-electron chi connectivity index (χ2n) is 0.626. The van der Waals surface area contributed by atoms with Gasteiger partial charge in [-0.1, -0.05) is 0 Å². The number of hydrogen-bond donors (Lipinski definition) is 1. The Balaban J connectivity index is 3.82. The molecule has 0 unspecified atom stereocenters. The minimum Gasteiger partial charge on any atom is -0.363 e. The Morgan fingerprint density at radius 2 is 1.62 bits per heavy atom. The van der Waals surface area contributed by atoms with E-state index in [1.54, 1.807) is 0 Å². The van der Waals surface area contributed by atoms with Crippen molar-refractivity contribution in [3.8, 4) is 0 Å². The SMILES string of the molecule is [N-]=[N+]=NP(O)N=[N+]=[N-]. The molecule has 0 radical (unpaired) electrons. The number of nitrogens with zero attached hydrogens (tertiary/aromatic N) is 6. The minimum atomic E-state index is -2.16. The van der Waals surface area contributed by atoms with Gasteiger partial charge < -0.3 is 4.89 Å². The van der Waals surface area contributed by atoms with Crippen LogP contribution in [0, 0.1) is 0 Å². The van der Waals surface area contributed by atoms with Crippen LogP contribution >= 0.6 is 8.45 Å². The van der Waals surface area contributed by atoms with E-state index in [0.717, 1.165) is 0 Å². The van der Waals surface area contributed by atoms with Crippen LogP contribution < -0.4 is 0 Å². The van der Waals surface area contributed by atoms with Crippen LogP contribution in [0.25, 0.3) is 20.9 Å². The molecule has 0 atom stereocenters. The van der Waals surface area contributed by atoms with Crippen molar-refractivity contribution in [3.63, 3.8) is 0 Å². The molecule has 42 valence electrons.